The number of nitrogens with zero attached hydrogens (tertiary/aromatic N) is 3. The Bertz CT molecular complexity index is 804. The van der Waals surface area contributed by atoms with Crippen LogP contribution in [0.1, 0.15) is 18.7 Å². The predicted octanol–water partition coefficient (Wildman–Crippen LogP) is 3.68. The highest BCUT2D eigenvalue weighted by atomic mass is 35.5. The van der Waals surface area contributed by atoms with Gasteiger partial charge in [-0.1, -0.05) is 23.7 Å². The van der Waals surface area contributed by atoms with Crippen LogP contribution in [0.2, 0.25) is 5.02 Å². The summed E-state index contributed by atoms with van der Waals surface area (Å²) in [6.07, 6.45) is -0.590. The van der Waals surface area contributed by atoms with E-state index in [4.69, 9.17) is 21.1 Å². The quantitative estimate of drug-likeness (QED) is 0.802. The Hall–Kier alpha value is -2.73. The van der Waals surface area contributed by atoms with Crippen LogP contribution in [0.15, 0.2) is 53.6 Å². The summed E-state index contributed by atoms with van der Waals surface area (Å²) in [7, 11) is 3.94. The SMILES string of the molecule is CC(=O)N1N=C(COc2ccc(Cl)cc2)OC1c1ccc(N(C)C)cc1. The third-order valence-electron chi connectivity index (χ3n) is 3.88. The van der Waals surface area contributed by atoms with Crippen LogP contribution < -0.4 is 9.64 Å². The van der Waals surface area contributed by atoms with E-state index in [2.05, 4.69) is 5.10 Å². The van der Waals surface area contributed by atoms with Crippen LogP contribution in [0, 0.1) is 0 Å². The molecule has 6 nitrogen and oxygen atoms in total. The minimum absolute atomic E-state index is 0.123. The van der Waals surface area contributed by atoms with Gasteiger partial charge in [0.05, 0.1) is 0 Å². The van der Waals surface area contributed by atoms with Crippen molar-refractivity contribution in [2.75, 3.05) is 25.6 Å². The second kappa shape index (κ2) is 7.66. The second-order valence-corrected chi connectivity index (χ2v) is 6.49. The van der Waals surface area contributed by atoms with E-state index in [0.717, 1.165) is 11.3 Å². The average Bonchev–Trinajstić information content (AvgIpc) is 3.06. The second-order valence-electron chi connectivity index (χ2n) is 6.06. The summed E-state index contributed by atoms with van der Waals surface area (Å²) in [5, 5.41) is 6.21. The number of hydrazone groups is 1. The number of anilines is 1. The molecule has 26 heavy (non-hydrogen) atoms. The molecule has 1 unspecified atom stereocenters. The monoisotopic (exact) mass is 373 g/mol. The maximum atomic E-state index is 11.9. The molecular weight excluding hydrogens is 354 g/mol. The molecular formula is C19H20ClN3O3. The Labute approximate surface area is 157 Å². The Balaban J connectivity index is 1.70. The molecule has 7 heteroatoms. The van der Waals surface area contributed by atoms with Crippen molar-refractivity contribution >= 4 is 29.1 Å². The third-order valence-corrected chi connectivity index (χ3v) is 4.13. The fourth-order valence-corrected chi connectivity index (χ4v) is 2.62. The van der Waals surface area contributed by atoms with Crippen molar-refractivity contribution in [1.82, 2.24) is 5.01 Å². The molecule has 3 rings (SSSR count). The highest BCUT2D eigenvalue weighted by molar-refractivity contribution is 6.30. The smallest absolute Gasteiger partial charge is 0.247 e. The number of benzene rings is 2. The molecule has 0 aliphatic carbocycles. The molecule has 1 aliphatic heterocycles. The van der Waals surface area contributed by atoms with Crippen molar-refractivity contribution in [2.45, 2.75) is 13.2 Å². The molecule has 136 valence electrons. The maximum absolute atomic E-state index is 11.9. The normalized spacial score (nSPS) is 16.1. The Kier molecular flexibility index (Phi) is 5.32. The molecule has 2 aromatic rings. The Morgan fingerprint density at radius 1 is 1.19 bits per heavy atom. The molecule has 0 saturated heterocycles. The number of carbonyl (C=O) groups is 1. The van der Waals surface area contributed by atoms with Gasteiger partial charge in [-0.15, -0.1) is 5.10 Å². The molecule has 1 heterocycles. The van der Waals surface area contributed by atoms with Crippen molar-refractivity contribution in [3.05, 3.63) is 59.1 Å². The first-order chi connectivity index (χ1) is 12.4. The van der Waals surface area contributed by atoms with Crippen LogP contribution in [-0.2, 0) is 9.53 Å². The molecule has 0 N–H and O–H groups in total. The number of hydrogen-bond acceptors (Lipinski definition) is 5. The van der Waals surface area contributed by atoms with Gasteiger partial charge in [-0.05, 0) is 36.4 Å². The first kappa shape index (κ1) is 18.1. The molecule has 0 radical (unpaired) electrons. The van der Waals surface area contributed by atoms with E-state index in [1.54, 1.807) is 24.3 Å². The highest BCUT2D eigenvalue weighted by Gasteiger charge is 2.32. The number of carbonyl (C=O) groups excluding carboxylic acids is 1. The first-order valence-corrected chi connectivity index (χ1v) is 8.51. The number of hydrogen-bond donors (Lipinski definition) is 0. The maximum Gasteiger partial charge on any atom is 0.247 e. The Morgan fingerprint density at radius 2 is 1.85 bits per heavy atom. The lowest BCUT2D eigenvalue weighted by molar-refractivity contribution is -0.135. The molecule has 0 bridgehead atoms. The van der Waals surface area contributed by atoms with Gasteiger partial charge in [0, 0.05) is 37.3 Å². The lowest BCUT2D eigenvalue weighted by Gasteiger charge is -2.20. The molecule has 2 aromatic carbocycles. The van der Waals surface area contributed by atoms with Gasteiger partial charge in [0.1, 0.15) is 5.75 Å². The van der Waals surface area contributed by atoms with Crippen LogP contribution in [0.25, 0.3) is 0 Å². The van der Waals surface area contributed by atoms with Gasteiger partial charge < -0.3 is 14.4 Å². The van der Waals surface area contributed by atoms with Crippen LogP contribution in [-0.4, -0.2) is 37.5 Å². The van der Waals surface area contributed by atoms with Crippen LogP contribution in [0.3, 0.4) is 0 Å². The molecule has 0 saturated carbocycles. The lowest BCUT2D eigenvalue weighted by atomic mass is 10.1. The molecule has 0 fully saturated rings. The van der Waals surface area contributed by atoms with Crippen LogP contribution in [0.5, 0.6) is 5.75 Å². The summed E-state index contributed by atoms with van der Waals surface area (Å²) in [5.74, 6) is 0.791. The fraction of sp³-hybridized carbons (Fsp3) is 0.263. The minimum Gasteiger partial charge on any atom is -0.484 e. The van der Waals surface area contributed by atoms with Gasteiger partial charge in [0.25, 0.3) is 0 Å². The number of amides is 1. The largest absolute Gasteiger partial charge is 0.484 e. The molecule has 1 aliphatic rings. The van der Waals surface area contributed by atoms with Crippen LogP contribution in [0.4, 0.5) is 5.69 Å². The zero-order valence-corrected chi connectivity index (χ0v) is 15.6. The Morgan fingerprint density at radius 3 is 2.42 bits per heavy atom. The van der Waals surface area contributed by atoms with Crippen molar-refractivity contribution < 1.29 is 14.3 Å². The number of rotatable bonds is 5. The number of halogens is 1. The number of ether oxygens (including phenoxy) is 2. The van der Waals surface area contributed by atoms with Gasteiger partial charge in [-0.3, -0.25) is 4.79 Å². The third kappa shape index (κ3) is 4.08. The van der Waals surface area contributed by atoms with E-state index in [9.17, 15) is 4.79 Å². The van der Waals surface area contributed by atoms with Gasteiger partial charge >= 0.3 is 0 Å². The topological polar surface area (TPSA) is 54.4 Å². The van der Waals surface area contributed by atoms with Gasteiger partial charge in [0.15, 0.2) is 6.61 Å². The zero-order chi connectivity index (χ0) is 18.7. The van der Waals surface area contributed by atoms with Crippen molar-refractivity contribution in [3.8, 4) is 5.75 Å². The van der Waals surface area contributed by atoms with E-state index in [1.807, 2.05) is 43.3 Å². The van der Waals surface area contributed by atoms with E-state index in [1.165, 1.54) is 11.9 Å². The predicted molar refractivity (Wildman–Crippen MR) is 101 cm³/mol. The van der Waals surface area contributed by atoms with Crippen molar-refractivity contribution in [3.63, 3.8) is 0 Å². The summed E-state index contributed by atoms with van der Waals surface area (Å²) < 4.78 is 11.5. The van der Waals surface area contributed by atoms with Crippen LogP contribution >= 0.6 is 11.6 Å². The summed E-state index contributed by atoms with van der Waals surface area (Å²) in [6.45, 7) is 1.58. The lowest BCUT2D eigenvalue weighted by Crippen LogP contribution is -2.25. The molecule has 1 amide bonds. The van der Waals surface area contributed by atoms with Gasteiger partial charge in [-0.25, -0.2) is 0 Å². The van der Waals surface area contributed by atoms with Crippen molar-refractivity contribution in [1.29, 1.82) is 0 Å². The molecule has 1 atom stereocenters. The van der Waals surface area contributed by atoms with E-state index in [-0.39, 0.29) is 12.5 Å². The van der Waals surface area contributed by atoms with Gasteiger partial charge in [0.2, 0.25) is 18.0 Å². The average molecular weight is 374 g/mol. The van der Waals surface area contributed by atoms with Gasteiger partial charge in [-0.2, -0.15) is 5.01 Å². The summed E-state index contributed by atoms with van der Waals surface area (Å²) in [5.41, 5.74) is 1.91. The molecule has 0 spiro atoms. The summed E-state index contributed by atoms with van der Waals surface area (Å²) in [4.78, 5) is 13.9. The first-order valence-electron chi connectivity index (χ1n) is 8.13. The zero-order valence-electron chi connectivity index (χ0n) is 14.8. The minimum atomic E-state index is -0.590. The summed E-state index contributed by atoms with van der Waals surface area (Å²) >= 11 is 5.86. The standard InChI is InChI=1S/C19H20ClN3O3/c1-13(24)23-19(14-4-8-16(9-5-14)22(2)3)26-18(21-23)12-25-17-10-6-15(20)7-11-17/h4-11,19H,12H2,1-3H3. The summed E-state index contributed by atoms with van der Waals surface area (Å²) in [6, 6.07) is 14.8. The van der Waals surface area contributed by atoms with E-state index in [0.29, 0.717) is 16.7 Å². The highest BCUT2D eigenvalue weighted by Crippen LogP contribution is 2.29. The van der Waals surface area contributed by atoms with E-state index < -0.39 is 6.23 Å². The van der Waals surface area contributed by atoms with Crippen molar-refractivity contribution in [2.24, 2.45) is 5.10 Å². The fourth-order valence-electron chi connectivity index (χ4n) is 2.50. The molecule has 0 aromatic heterocycles. The van der Waals surface area contributed by atoms with E-state index >= 15 is 0 Å².